The van der Waals surface area contributed by atoms with E-state index >= 15 is 0 Å². The van der Waals surface area contributed by atoms with E-state index in [9.17, 15) is 4.39 Å². The van der Waals surface area contributed by atoms with Crippen molar-refractivity contribution in [2.24, 2.45) is 0 Å². The second-order valence-corrected chi connectivity index (χ2v) is 3.41. The Bertz CT molecular complexity index is 470. The van der Waals surface area contributed by atoms with Gasteiger partial charge in [0.05, 0.1) is 0 Å². The van der Waals surface area contributed by atoms with Crippen molar-refractivity contribution in [2.45, 2.75) is 13.3 Å². The molecule has 0 spiro atoms. The Morgan fingerprint density at radius 3 is 2.88 bits per heavy atom. The first-order valence-corrected chi connectivity index (χ1v) is 5.03. The van der Waals surface area contributed by atoms with Gasteiger partial charge in [0.15, 0.2) is 5.82 Å². The van der Waals surface area contributed by atoms with Crippen molar-refractivity contribution in [2.75, 3.05) is 11.9 Å². The Morgan fingerprint density at radius 1 is 1.38 bits per heavy atom. The van der Waals surface area contributed by atoms with Gasteiger partial charge in [-0.1, -0.05) is 23.4 Å². The topological polar surface area (TPSA) is 51.0 Å². The van der Waals surface area contributed by atoms with E-state index in [1.54, 1.807) is 19.1 Å². The molecule has 84 valence electrons. The zero-order chi connectivity index (χ0) is 11.4. The molecule has 2 aromatic rings. The van der Waals surface area contributed by atoms with E-state index in [4.69, 9.17) is 4.52 Å². The number of nitrogens with zero attached hydrogens (tertiary/aromatic N) is 2. The standard InChI is InChI=1S/C11H12FN3O/c1-8-14-11(16-15-8)13-7-6-9-4-2-3-5-10(9)12/h2-5H,6-7H2,1H3,(H,13,14,15). The molecule has 0 amide bonds. The zero-order valence-corrected chi connectivity index (χ0v) is 8.90. The Balaban J connectivity index is 1.87. The largest absolute Gasteiger partial charge is 0.337 e. The summed E-state index contributed by atoms with van der Waals surface area (Å²) in [5, 5.41) is 6.57. The number of aryl methyl sites for hydroxylation is 1. The third-order valence-electron chi connectivity index (χ3n) is 2.16. The maximum absolute atomic E-state index is 13.2. The fraction of sp³-hybridized carbons (Fsp3) is 0.273. The third-order valence-corrected chi connectivity index (χ3v) is 2.16. The fourth-order valence-electron chi connectivity index (χ4n) is 1.37. The second-order valence-electron chi connectivity index (χ2n) is 3.41. The Hall–Kier alpha value is -1.91. The molecule has 1 aromatic heterocycles. The van der Waals surface area contributed by atoms with Gasteiger partial charge in [-0.3, -0.25) is 0 Å². The summed E-state index contributed by atoms with van der Waals surface area (Å²) in [5.41, 5.74) is 0.672. The Labute approximate surface area is 92.5 Å². The quantitative estimate of drug-likeness (QED) is 0.859. The van der Waals surface area contributed by atoms with E-state index in [2.05, 4.69) is 15.5 Å². The lowest BCUT2D eigenvalue weighted by molar-refractivity contribution is 0.425. The summed E-state index contributed by atoms with van der Waals surface area (Å²) in [4.78, 5) is 3.98. The van der Waals surface area contributed by atoms with Gasteiger partial charge in [-0.25, -0.2) is 4.39 Å². The first-order valence-electron chi connectivity index (χ1n) is 5.03. The average Bonchev–Trinajstić information content (AvgIpc) is 2.67. The van der Waals surface area contributed by atoms with Gasteiger partial charge in [0.25, 0.3) is 0 Å². The van der Waals surface area contributed by atoms with E-state index in [0.29, 0.717) is 30.4 Å². The van der Waals surface area contributed by atoms with Crippen molar-refractivity contribution < 1.29 is 8.91 Å². The third kappa shape index (κ3) is 2.56. The van der Waals surface area contributed by atoms with Crippen molar-refractivity contribution in [3.63, 3.8) is 0 Å². The molecule has 2 rings (SSSR count). The highest BCUT2D eigenvalue weighted by Crippen LogP contribution is 2.08. The summed E-state index contributed by atoms with van der Waals surface area (Å²) in [6.07, 6.45) is 0.577. The van der Waals surface area contributed by atoms with Crippen molar-refractivity contribution in [1.29, 1.82) is 0 Å². The van der Waals surface area contributed by atoms with E-state index in [1.165, 1.54) is 6.07 Å². The summed E-state index contributed by atoms with van der Waals surface area (Å²) in [7, 11) is 0. The molecule has 0 fully saturated rings. The van der Waals surface area contributed by atoms with E-state index < -0.39 is 0 Å². The summed E-state index contributed by atoms with van der Waals surface area (Å²) in [6, 6.07) is 7.07. The number of anilines is 1. The number of halogens is 1. The molecule has 1 N–H and O–H groups in total. The van der Waals surface area contributed by atoms with Crippen LogP contribution >= 0.6 is 0 Å². The van der Waals surface area contributed by atoms with Crippen LogP contribution in [0.25, 0.3) is 0 Å². The number of hydrogen-bond donors (Lipinski definition) is 1. The molecular formula is C11H12FN3O. The molecule has 16 heavy (non-hydrogen) atoms. The van der Waals surface area contributed by atoms with Crippen LogP contribution in [0.1, 0.15) is 11.4 Å². The van der Waals surface area contributed by atoms with Gasteiger partial charge in [0.1, 0.15) is 5.82 Å². The summed E-state index contributed by atoms with van der Waals surface area (Å²) in [5.74, 6) is 0.388. The van der Waals surface area contributed by atoms with Gasteiger partial charge in [0, 0.05) is 6.54 Å². The number of aromatic nitrogens is 2. The van der Waals surface area contributed by atoms with Crippen molar-refractivity contribution in [3.05, 3.63) is 41.5 Å². The maximum atomic E-state index is 13.2. The molecule has 0 aliphatic rings. The predicted molar refractivity (Wildman–Crippen MR) is 57.6 cm³/mol. The number of rotatable bonds is 4. The Morgan fingerprint density at radius 2 is 2.19 bits per heavy atom. The molecule has 0 radical (unpaired) electrons. The van der Waals surface area contributed by atoms with Gasteiger partial charge in [-0.05, 0) is 25.0 Å². The molecule has 0 aliphatic heterocycles. The maximum Gasteiger partial charge on any atom is 0.321 e. The van der Waals surface area contributed by atoms with Crippen molar-refractivity contribution in [3.8, 4) is 0 Å². The van der Waals surface area contributed by atoms with E-state index in [0.717, 1.165) is 0 Å². The fourth-order valence-corrected chi connectivity index (χ4v) is 1.37. The van der Waals surface area contributed by atoms with Crippen LogP contribution < -0.4 is 5.32 Å². The highest BCUT2D eigenvalue weighted by molar-refractivity contribution is 5.21. The van der Waals surface area contributed by atoms with Crippen LogP contribution in [0.2, 0.25) is 0 Å². The highest BCUT2D eigenvalue weighted by atomic mass is 19.1. The van der Waals surface area contributed by atoms with Crippen LogP contribution in [-0.2, 0) is 6.42 Å². The van der Waals surface area contributed by atoms with Crippen molar-refractivity contribution in [1.82, 2.24) is 10.1 Å². The monoisotopic (exact) mass is 221 g/mol. The lowest BCUT2D eigenvalue weighted by Crippen LogP contribution is -2.06. The minimum atomic E-state index is -0.189. The predicted octanol–water partition coefficient (Wildman–Crippen LogP) is 2.17. The van der Waals surface area contributed by atoms with Crippen LogP contribution in [0.15, 0.2) is 28.8 Å². The lowest BCUT2D eigenvalue weighted by Gasteiger charge is -2.02. The summed E-state index contributed by atoms with van der Waals surface area (Å²) >= 11 is 0. The minimum absolute atomic E-state index is 0.189. The summed E-state index contributed by atoms with van der Waals surface area (Å²) in [6.45, 7) is 2.30. The zero-order valence-electron chi connectivity index (χ0n) is 8.90. The van der Waals surface area contributed by atoms with Gasteiger partial charge in [-0.2, -0.15) is 4.98 Å². The van der Waals surface area contributed by atoms with Gasteiger partial charge in [-0.15, -0.1) is 0 Å². The van der Waals surface area contributed by atoms with Crippen LogP contribution in [-0.4, -0.2) is 16.7 Å². The molecule has 5 heteroatoms. The molecule has 1 heterocycles. The Kier molecular flexibility index (Phi) is 3.14. The van der Waals surface area contributed by atoms with Crippen LogP contribution in [0.3, 0.4) is 0 Å². The molecule has 0 bridgehead atoms. The van der Waals surface area contributed by atoms with Crippen LogP contribution in [0, 0.1) is 12.7 Å². The molecule has 1 aromatic carbocycles. The minimum Gasteiger partial charge on any atom is -0.337 e. The normalized spacial score (nSPS) is 10.4. The molecule has 0 aliphatic carbocycles. The lowest BCUT2D eigenvalue weighted by atomic mass is 10.1. The smallest absolute Gasteiger partial charge is 0.321 e. The number of nitrogens with one attached hydrogen (secondary N) is 1. The molecule has 4 nitrogen and oxygen atoms in total. The second kappa shape index (κ2) is 4.74. The van der Waals surface area contributed by atoms with Gasteiger partial charge >= 0.3 is 6.01 Å². The number of hydrogen-bond acceptors (Lipinski definition) is 4. The summed E-state index contributed by atoms with van der Waals surface area (Å²) < 4.78 is 18.1. The van der Waals surface area contributed by atoms with Crippen LogP contribution in [0.4, 0.5) is 10.4 Å². The van der Waals surface area contributed by atoms with E-state index in [-0.39, 0.29) is 5.82 Å². The average molecular weight is 221 g/mol. The highest BCUT2D eigenvalue weighted by Gasteiger charge is 2.03. The SMILES string of the molecule is Cc1noc(NCCc2ccccc2F)n1. The van der Waals surface area contributed by atoms with Gasteiger partial charge < -0.3 is 9.84 Å². The van der Waals surface area contributed by atoms with E-state index in [1.807, 2.05) is 6.07 Å². The van der Waals surface area contributed by atoms with Crippen molar-refractivity contribution >= 4 is 6.01 Å². The molecule has 0 saturated carbocycles. The molecule has 0 atom stereocenters. The molecule has 0 saturated heterocycles. The van der Waals surface area contributed by atoms with Crippen LogP contribution in [0.5, 0.6) is 0 Å². The first-order chi connectivity index (χ1) is 7.75. The molecular weight excluding hydrogens is 209 g/mol. The molecule has 0 unspecified atom stereocenters. The number of benzene rings is 1. The first kappa shape index (κ1) is 10.6. The van der Waals surface area contributed by atoms with Gasteiger partial charge in [0.2, 0.25) is 0 Å².